The van der Waals surface area contributed by atoms with Gasteiger partial charge in [0.05, 0.1) is 18.2 Å². The van der Waals surface area contributed by atoms with Crippen LogP contribution in [0.2, 0.25) is 0 Å². The number of fused-ring (bicyclic) bond motifs is 3. The van der Waals surface area contributed by atoms with E-state index in [1.165, 1.54) is 24.3 Å². The summed E-state index contributed by atoms with van der Waals surface area (Å²) in [5.41, 5.74) is 1.12. The minimum atomic E-state index is -1.52. The standard InChI is InChI=1S/C26H17FN4O/c27-20-10-7-18(8-11-20)25(32)24-23(19-5-3-13-30-14-19)26(15-28,16-29)22-12-9-17-4-1-2-6-21(17)31(22)24/h1-14,22-24H/t22-,23-,24-/m0/s1. The predicted molar refractivity (Wildman–Crippen MR) is 117 cm³/mol. The molecule has 0 bridgehead atoms. The molecule has 0 aliphatic carbocycles. The Labute approximate surface area is 184 Å². The van der Waals surface area contributed by atoms with Crippen molar-refractivity contribution in [2.45, 2.75) is 18.0 Å². The first-order chi connectivity index (χ1) is 15.6. The number of hydrogen-bond donors (Lipinski definition) is 0. The number of halogens is 1. The summed E-state index contributed by atoms with van der Waals surface area (Å²) < 4.78 is 13.5. The lowest BCUT2D eigenvalue weighted by Gasteiger charge is -2.35. The number of hydrogen-bond acceptors (Lipinski definition) is 5. The van der Waals surface area contributed by atoms with Crippen molar-refractivity contribution in [1.82, 2.24) is 4.98 Å². The molecule has 5 nitrogen and oxygen atoms in total. The first-order valence-corrected chi connectivity index (χ1v) is 10.2. The second-order valence-electron chi connectivity index (χ2n) is 7.94. The average molecular weight is 420 g/mol. The maximum atomic E-state index is 13.9. The van der Waals surface area contributed by atoms with Crippen molar-refractivity contribution in [3.8, 4) is 12.1 Å². The Hall–Kier alpha value is -4.29. The Balaban J connectivity index is 1.78. The molecule has 5 rings (SSSR count). The third-order valence-corrected chi connectivity index (χ3v) is 6.36. The van der Waals surface area contributed by atoms with E-state index in [4.69, 9.17) is 0 Å². The first-order valence-electron chi connectivity index (χ1n) is 10.2. The number of ketones is 1. The number of carbonyl (C=O) groups is 1. The smallest absolute Gasteiger partial charge is 0.185 e. The summed E-state index contributed by atoms with van der Waals surface area (Å²) >= 11 is 0. The second kappa shape index (κ2) is 7.44. The van der Waals surface area contributed by atoms with Gasteiger partial charge in [0.2, 0.25) is 0 Å². The zero-order valence-corrected chi connectivity index (χ0v) is 16.9. The molecule has 2 aliphatic heterocycles. The van der Waals surface area contributed by atoms with E-state index in [0.717, 1.165) is 11.3 Å². The molecule has 2 aromatic carbocycles. The van der Waals surface area contributed by atoms with Gasteiger partial charge in [-0.2, -0.15) is 10.5 Å². The Morgan fingerprint density at radius 1 is 1.03 bits per heavy atom. The number of anilines is 1. The Kier molecular flexibility index (Phi) is 4.57. The van der Waals surface area contributed by atoms with E-state index in [-0.39, 0.29) is 5.78 Å². The van der Waals surface area contributed by atoms with Crippen LogP contribution in [0, 0.1) is 33.9 Å². The number of para-hydroxylation sites is 1. The summed E-state index contributed by atoms with van der Waals surface area (Å²) in [6.45, 7) is 0. The summed E-state index contributed by atoms with van der Waals surface area (Å²) in [5, 5.41) is 20.7. The van der Waals surface area contributed by atoms with E-state index in [2.05, 4.69) is 17.1 Å². The lowest BCUT2D eigenvalue weighted by atomic mass is 9.69. The third kappa shape index (κ3) is 2.74. The lowest BCUT2D eigenvalue weighted by Crippen LogP contribution is -2.44. The van der Waals surface area contributed by atoms with Gasteiger partial charge >= 0.3 is 0 Å². The van der Waals surface area contributed by atoms with Crippen molar-refractivity contribution < 1.29 is 9.18 Å². The van der Waals surface area contributed by atoms with Crippen molar-refractivity contribution in [2.24, 2.45) is 5.41 Å². The normalized spacial score (nSPS) is 22.3. The predicted octanol–water partition coefficient (Wildman–Crippen LogP) is 4.50. The van der Waals surface area contributed by atoms with E-state index < -0.39 is 29.2 Å². The van der Waals surface area contributed by atoms with E-state index in [9.17, 15) is 19.7 Å². The van der Waals surface area contributed by atoms with Crippen LogP contribution in [0.1, 0.15) is 27.4 Å². The quantitative estimate of drug-likeness (QED) is 0.583. The number of carbonyl (C=O) groups excluding carboxylic acids is 1. The molecular formula is C26H17FN4O. The molecule has 3 heterocycles. The van der Waals surface area contributed by atoms with Crippen molar-refractivity contribution in [2.75, 3.05) is 4.90 Å². The van der Waals surface area contributed by atoms with Gasteiger partial charge in [-0.15, -0.1) is 0 Å². The van der Waals surface area contributed by atoms with E-state index in [0.29, 0.717) is 11.1 Å². The minimum Gasteiger partial charge on any atom is -0.351 e. The van der Waals surface area contributed by atoms with Gasteiger partial charge in [-0.1, -0.05) is 36.4 Å². The molecule has 0 spiro atoms. The van der Waals surface area contributed by atoms with E-state index in [1.54, 1.807) is 24.5 Å². The van der Waals surface area contributed by atoms with Crippen molar-refractivity contribution in [3.63, 3.8) is 0 Å². The number of Topliss-reactive ketones (excluding diaryl/α,β-unsaturated/α-hetero) is 1. The number of pyridine rings is 1. The number of aromatic nitrogens is 1. The molecule has 32 heavy (non-hydrogen) atoms. The van der Waals surface area contributed by atoms with Crippen LogP contribution < -0.4 is 4.90 Å². The highest BCUT2D eigenvalue weighted by Gasteiger charge is 2.63. The first kappa shape index (κ1) is 19.7. The highest BCUT2D eigenvalue weighted by molar-refractivity contribution is 6.04. The molecule has 1 fully saturated rings. The molecule has 0 radical (unpaired) electrons. The van der Waals surface area contributed by atoms with Crippen LogP contribution in [0.4, 0.5) is 10.1 Å². The van der Waals surface area contributed by atoms with Gasteiger partial charge in [0.1, 0.15) is 11.9 Å². The average Bonchev–Trinajstić information content (AvgIpc) is 3.15. The molecule has 3 atom stereocenters. The molecule has 2 aliphatic rings. The monoisotopic (exact) mass is 420 g/mol. The molecule has 0 amide bonds. The summed E-state index contributed by atoms with van der Waals surface area (Å²) in [6, 6.07) is 19.5. The van der Waals surface area contributed by atoms with Gasteiger partial charge in [0, 0.05) is 29.6 Å². The lowest BCUT2D eigenvalue weighted by molar-refractivity contribution is 0.0951. The van der Waals surface area contributed by atoms with Crippen LogP contribution in [-0.2, 0) is 0 Å². The fourth-order valence-corrected chi connectivity index (χ4v) is 4.95. The summed E-state index contributed by atoms with van der Waals surface area (Å²) in [6.07, 6.45) is 6.94. The fraction of sp³-hybridized carbons (Fsp3) is 0.154. The number of rotatable bonds is 3. The summed E-state index contributed by atoms with van der Waals surface area (Å²) in [4.78, 5) is 20.0. The maximum Gasteiger partial charge on any atom is 0.185 e. The van der Waals surface area contributed by atoms with Gasteiger partial charge < -0.3 is 4.90 Å². The Bertz CT molecular complexity index is 1290. The highest BCUT2D eigenvalue weighted by Crippen LogP contribution is 2.55. The number of benzene rings is 2. The molecule has 1 aromatic heterocycles. The van der Waals surface area contributed by atoms with Crippen LogP contribution in [0.25, 0.3) is 6.08 Å². The SMILES string of the molecule is N#CC1(C#N)[C@@H]2C=Cc3ccccc3N2[C@H](C(=O)c2ccc(F)cc2)[C@@H]1c1cccnc1. The summed E-state index contributed by atoms with van der Waals surface area (Å²) in [5.74, 6) is -1.48. The number of nitrogens with zero attached hydrogens (tertiary/aromatic N) is 4. The molecular weight excluding hydrogens is 403 g/mol. The molecule has 6 heteroatoms. The highest BCUT2D eigenvalue weighted by atomic mass is 19.1. The molecule has 154 valence electrons. The van der Waals surface area contributed by atoms with Crippen LogP contribution in [0.15, 0.2) is 79.1 Å². The van der Waals surface area contributed by atoms with Crippen molar-refractivity contribution >= 4 is 17.5 Å². The molecule has 1 saturated heterocycles. The fourth-order valence-electron chi connectivity index (χ4n) is 4.95. The molecule has 0 N–H and O–H groups in total. The topological polar surface area (TPSA) is 80.8 Å². The van der Waals surface area contributed by atoms with E-state index >= 15 is 0 Å². The van der Waals surface area contributed by atoms with Crippen LogP contribution in [0.5, 0.6) is 0 Å². The largest absolute Gasteiger partial charge is 0.351 e. The third-order valence-electron chi connectivity index (χ3n) is 6.36. The van der Waals surface area contributed by atoms with E-state index in [1.807, 2.05) is 41.3 Å². The van der Waals surface area contributed by atoms with Crippen LogP contribution in [0.3, 0.4) is 0 Å². The zero-order chi connectivity index (χ0) is 22.3. The van der Waals surface area contributed by atoms with Crippen LogP contribution in [-0.4, -0.2) is 22.9 Å². The number of nitriles is 2. The minimum absolute atomic E-state index is 0.277. The Morgan fingerprint density at radius 3 is 2.47 bits per heavy atom. The van der Waals surface area contributed by atoms with Crippen molar-refractivity contribution in [3.05, 3.63) is 102 Å². The van der Waals surface area contributed by atoms with Crippen LogP contribution >= 0.6 is 0 Å². The second-order valence-corrected chi connectivity index (χ2v) is 7.94. The zero-order valence-electron chi connectivity index (χ0n) is 16.9. The molecule has 0 saturated carbocycles. The molecule has 0 unspecified atom stereocenters. The maximum absolute atomic E-state index is 13.9. The van der Waals surface area contributed by atoms with Gasteiger partial charge in [-0.25, -0.2) is 4.39 Å². The van der Waals surface area contributed by atoms with Crippen molar-refractivity contribution in [1.29, 1.82) is 10.5 Å². The Morgan fingerprint density at radius 2 is 1.78 bits per heavy atom. The van der Waals surface area contributed by atoms with Gasteiger partial charge in [-0.05, 0) is 47.5 Å². The van der Waals surface area contributed by atoms with Gasteiger partial charge in [-0.3, -0.25) is 9.78 Å². The molecule has 3 aromatic rings. The van der Waals surface area contributed by atoms with Gasteiger partial charge in [0.25, 0.3) is 0 Å². The van der Waals surface area contributed by atoms with Gasteiger partial charge in [0.15, 0.2) is 11.2 Å². The summed E-state index contributed by atoms with van der Waals surface area (Å²) in [7, 11) is 0.